The van der Waals surface area contributed by atoms with Gasteiger partial charge in [-0.1, -0.05) is 6.07 Å². The Bertz CT molecular complexity index is 877. The van der Waals surface area contributed by atoms with Crippen LogP contribution < -0.4 is 5.32 Å². The lowest BCUT2D eigenvalue weighted by atomic mass is 10.3. The number of guanidine groups is 1. The number of halogens is 2. The molecule has 0 atom stereocenters. The number of aliphatic imine (C=N–C) groups is 1. The first-order valence-corrected chi connectivity index (χ1v) is 10.3. The van der Waals surface area contributed by atoms with Crippen LogP contribution in [0.25, 0.3) is 5.65 Å². The predicted octanol–water partition coefficient (Wildman–Crippen LogP) is 4.20. The van der Waals surface area contributed by atoms with Crippen LogP contribution in [0.4, 0.5) is 0 Å². The van der Waals surface area contributed by atoms with Gasteiger partial charge in [0.05, 0.1) is 10.3 Å². The number of aryl methyl sites for hydroxylation is 1. The summed E-state index contributed by atoms with van der Waals surface area (Å²) in [6.07, 6.45) is 3.80. The van der Waals surface area contributed by atoms with Gasteiger partial charge in [-0.3, -0.25) is 9.39 Å². The molecule has 3 rings (SSSR count). The summed E-state index contributed by atoms with van der Waals surface area (Å²) in [5, 5.41) is 11.8. The zero-order valence-corrected chi connectivity index (χ0v) is 20.2. The van der Waals surface area contributed by atoms with E-state index < -0.39 is 0 Å². The van der Waals surface area contributed by atoms with Crippen LogP contribution in [0.3, 0.4) is 0 Å². The summed E-state index contributed by atoms with van der Waals surface area (Å²) in [6, 6.07) is 10.2. The van der Waals surface area contributed by atoms with Crippen LogP contribution >= 0.6 is 51.2 Å². The lowest BCUT2D eigenvalue weighted by Crippen LogP contribution is -2.38. The van der Waals surface area contributed by atoms with E-state index in [1.165, 1.54) is 4.88 Å². The maximum Gasteiger partial charge on any atom is 0.193 e. The van der Waals surface area contributed by atoms with E-state index in [4.69, 9.17) is 4.99 Å². The molecule has 0 aliphatic rings. The highest BCUT2D eigenvalue weighted by atomic mass is 127. The van der Waals surface area contributed by atoms with Gasteiger partial charge in [0.25, 0.3) is 0 Å². The summed E-state index contributed by atoms with van der Waals surface area (Å²) < 4.78 is 3.19. The maximum absolute atomic E-state index is 4.76. The van der Waals surface area contributed by atoms with Gasteiger partial charge in [0.2, 0.25) is 0 Å². The van der Waals surface area contributed by atoms with E-state index in [0.29, 0.717) is 0 Å². The predicted molar refractivity (Wildman–Crippen MR) is 126 cm³/mol. The Hall–Kier alpha value is -1.20. The van der Waals surface area contributed by atoms with Gasteiger partial charge in [-0.2, -0.15) is 0 Å². The molecule has 0 spiro atoms. The monoisotopic (exact) mass is 562 g/mol. The maximum atomic E-state index is 4.76. The first kappa shape index (κ1) is 22.1. The molecule has 146 valence electrons. The second kappa shape index (κ2) is 11.0. The minimum atomic E-state index is 0. The minimum absolute atomic E-state index is 0. The summed E-state index contributed by atoms with van der Waals surface area (Å²) >= 11 is 5.27. The fraction of sp³-hybridized carbons (Fsp3) is 0.389. The summed E-state index contributed by atoms with van der Waals surface area (Å²) in [7, 11) is 2.07. The Labute approximate surface area is 189 Å². The Morgan fingerprint density at radius 1 is 1.30 bits per heavy atom. The van der Waals surface area contributed by atoms with Gasteiger partial charge in [-0.25, -0.2) is 0 Å². The number of rotatable bonds is 7. The third-order valence-electron chi connectivity index (χ3n) is 3.92. The SMILES string of the molecule is CCNC(=NCCCc1nnc2ccccn12)N(C)Cc1ccc(Br)s1.I. The van der Waals surface area contributed by atoms with Crippen LogP contribution in [-0.4, -0.2) is 45.6 Å². The molecule has 0 radical (unpaired) electrons. The number of fused-ring (bicyclic) bond motifs is 1. The van der Waals surface area contributed by atoms with Gasteiger partial charge in [0.1, 0.15) is 5.82 Å². The lowest BCUT2D eigenvalue weighted by Gasteiger charge is -2.21. The molecule has 0 amide bonds. The smallest absolute Gasteiger partial charge is 0.193 e. The van der Waals surface area contributed by atoms with E-state index in [1.807, 2.05) is 28.8 Å². The molecule has 1 N–H and O–H groups in total. The molecule has 0 saturated heterocycles. The van der Waals surface area contributed by atoms with Crippen LogP contribution in [0.1, 0.15) is 24.0 Å². The topological polar surface area (TPSA) is 57.8 Å². The zero-order chi connectivity index (χ0) is 18.4. The Kier molecular flexibility index (Phi) is 8.97. The highest BCUT2D eigenvalue weighted by molar-refractivity contribution is 14.0. The van der Waals surface area contributed by atoms with Crippen molar-refractivity contribution in [1.29, 1.82) is 0 Å². The Morgan fingerprint density at radius 2 is 2.15 bits per heavy atom. The third-order valence-corrected chi connectivity index (χ3v) is 5.53. The van der Waals surface area contributed by atoms with Crippen molar-refractivity contribution in [1.82, 2.24) is 24.8 Å². The summed E-state index contributed by atoms with van der Waals surface area (Å²) in [5.74, 6) is 1.92. The van der Waals surface area contributed by atoms with Crippen molar-refractivity contribution in [3.05, 3.63) is 51.0 Å². The van der Waals surface area contributed by atoms with Crippen molar-refractivity contribution in [2.24, 2.45) is 4.99 Å². The normalized spacial score (nSPS) is 11.4. The van der Waals surface area contributed by atoms with Crippen molar-refractivity contribution >= 4 is 62.9 Å². The number of hydrogen-bond donors (Lipinski definition) is 1. The zero-order valence-electron chi connectivity index (χ0n) is 15.4. The van der Waals surface area contributed by atoms with Crippen molar-refractivity contribution in [3.8, 4) is 0 Å². The third kappa shape index (κ3) is 6.15. The van der Waals surface area contributed by atoms with Crippen LogP contribution in [0, 0.1) is 0 Å². The van der Waals surface area contributed by atoms with E-state index in [-0.39, 0.29) is 24.0 Å². The average Bonchev–Trinajstić information content (AvgIpc) is 3.24. The van der Waals surface area contributed by atoms with Crippen molar-refractivity contribution in [2.75, 3.05) is 20.1 Å². The Morgan fingerprint density at radius 3 is 2.89 bits per heavy atom. The molecule has 0 fully saturated rings. The molecule has 3 aromatic heterocycles. The van der Waals surface area contributed by atoms with Gasteiger partial charge in [-0.15, -0.1) is 45.5 Å². The van der Waals surface area contributed by atoms with E-state index in [0.717, 1.165) is 53.7 Å². The molecule has 0 aromatic carbocycles. The molecular formula is C18H24BrIN6S. The first-order chi connectivity index (χ1) is 12.7. The number of hydrogen-bond acceptors (Lipinski definition) is 4. The second-order valence-corrected chi connectivity index (χ2v) is 8.49. The highest BCUT2D eigenvalue weighted by Gasteiger charge is 2.08. The van der Waals surface area contributed by atoms with Crippen molar-refractivity contribution in [3.63, 3.8) is 0 Å². The first-order valence-electron chi connectivity index (χ1n) is 8.69. The van der Waals surface area contributed by atoms with Gasteiger partial charge >= 0.3 is 0 Å². The van der Waals surface area contributed by atoms with Gasteiger partial charge in [0, 0.05) is 37.6 Å². The van der Waals surface area contributed by atoms with E-state index in [9.17, 15) is 0 Å². The van der Waals surface area contributed by atoms with Crippen LogP contribution in [0.5, 0.6) is 0 Å². The summed E-state index contributed by atoms with van der Waals surface area (Å²) in [5.41, 5.74) is 0.890. The Balaban J connectivity index is 0.00000261. The molecule has 0 aliphatic carbocycles. The molecule has 0 unspecified atom stereocenters. The van der Waals surface area contributed by atoms with Crippen LogP contribution in [-0.2, 0) is 13.0 Å². The van der Waals surface area contributed by atoms with Crippen molar-refractivity contribution < 1.29 is 0 Å². The molecule has 0 saturated carbocycles. The molecule has 9 heteroatoms. The quantitative estimate of drug-likeness (QED) is 0.203. The second-order valence-electron chi connectivity index (χ2n) is 5.95. The van der Waals surface area contributed by atoms with Gasteiger partial charge in [0.15, 0.2) is 11.6 Å². The number of pyridine rings is 1. The molecule has 0 aliphatic heterocycles. The van der Waals surface area contributed by atoms with Gasteiger partial charge < -0.3 is 10.2 Å². The number of aromatic nitrogens is 3. The number of nitrogens with zero attached hydrogens (tertiary/aromatic N) is 5. The molecule has 3 heterocycles. The standard InChI is InChI=1S/C18H23BrN6S.HI/c1-3-20-18(24(2)13-14-9-10-15(19)26-14)21-11-6-8-17-23-22-16-7-4-5-12-25(16)17;/h4-5,7,9-10,12H,3,6,8,11,13H2,1-2H3,(H,20,21);1H. The fourth-order valence-electron chi connectivity index (χ4n) is 2.70. The number of thiophene rings is 1. The molecule has 27 heavy (non-hydrogen) atoms. The van der Waals surface area contributed by atoms with E-state index in [2.05, 4.69) is 62.4 Å². The van der Waals surface area contributed by atoms with Crippen LogP contribution in [0.15, 0.2) is 45.3 Å². The molecule has 6 nitrogen and oxygen atoms in total. The average molecular weight is 563 g/mol. The van der Waals surface area contributed by atoms with E-state index in [1.54, 1.807) is 11.3 Å². The molecule has 3 aromatic rings. The number of nitrogens with one attached hydrogen (secondary N) is 1. The summed E-state index contributed by atoms with van der Waals surface area (Å²) in [6.45, 7) is 4.54. The molecular weight excluding hydrogens is 539 g/mol. The summed E-state index contributed by atoms with van der Waals surface area (Å²) in [4.78, 5) is 8.23. The van der Waals surface area contributed by atoms with Crippen molar-refractivity contribution in [2.45, 2.75) is 26.3 Å². The van der Waals surface area contributed by atoms with E-state index >= 15 is 0 Å². The minimum Gasteiger partial charge on any atom is -0.357 e. The fourth-order valence-corrected chi connectivity index (χ4v) is 4.24. The van der Waals surface area contributed by atoms with Gasteiger partial charge in [-0.05, 0) is 53.5 Å². The van der Waals surface area contributed by atoms with Crippen LogP contribution in [0.2, 0.25) is 0 Å². The highest BCUT2D eigenvalue weighted by Crippen LogP contribution is 2.23. The largest absolute Gasteiger partial charge is 0.357 e. The lowest BCUT2D eigenvalue weighted by molar-refractivity contribution is 0.481. The molecule has 0 bridgehead atoms.